The first-order valence-corrected chi connectivity index (χ1v) is 23.9. The second-order valence-corrected chi connectivity index (χ2v) is 21.1. The Hall–Kier alpha value is -4.10. The molecule has 1 atom stereocenters. The van der Waals surface area contributed by atoms with Crippen molar-refractivity contribution in [1.29, 1.82) is 0 Å². The summed E-state index contributed by atoms with van der Waals surface area (Å²) < 4.78 is 76.2. The van der Waals surface area contributed by atoms with E-state index in [4.69, 9.17) is 54.3 Å². The van der Waals surface area contributed by atoms with E-state index in [0.717, 1.165) is 0 Å². The largest absolute Gasteiger partial charge is 0.460 e. The molecule has 0 bridgehead atoms. The molecule has 16 heteroatoms. The Labute approximate surface area is 324 Å². The fraction of sp³-hybridized carbons (Fsp3) is 0.231. The van der Waals surface area contributed by atoms with Gasteiger partial charge in [0.15, 0.2) is 0 Å². The summed E-state index contributed by atoms with van der Waals surface area (Å²) in [5, 5.41) is 0. The Kier molecular flexibility index (Phi) is 13.4. The number of para-hydroxylation sites is 5. The fourth-order valence-electron chi connectivity index (χ4n) is 4.95. The number of hydrogen-bond acceptors (Lipinski definition) is 12. The van der Waals surface area contributed by atoms with Gasteiger partial charge in [-0.05, 0) is 102 Å². The molecule has 1 aliphatic heterocycles. The molecule has 0 aliphatic carbocycles. The predicted molar refractivity (Wildman–Crippen MR) is 221 cm³/mol. The molecule has 5 aromatic rings. The molecule has 0 spiro atoms. The molecule has 290 valence electrons. The van der Waals surface area contributed by atoms with Crippen LogP contribution in [0.2, 0.25) is 0 Å². The molecule has 1 aliphatic rings. The summed E-state index contributed by atoms with van der Waals surface area (Å²) >= 11 is 0. The maximum absolute atomic E-state index is 6.92. The van der Waals surface area contributed by atoms with E-state index < -0.39 is 48.9 Å². The Morgan fingerprint density at radius 1 is 0.291 bits per heavy atom. The highest BCUT2D eigenvalue weighted by Gasteiger charge is 2.48. The zero-order valence-electron chi connectivity index (χ0n) is 31.5. The molecule has 0 saturated carbocycles. The minimum absolute atomic E-state index is 0.401. The first-order chi connectivity index (χ1) is 26.5. The van der Waals surface area contributed by atoms with Gasteiger partial charge in [-0.25, -0.2) is 0 Å². The predicted octanol–water partition coefficient (Wildman–Crippen LogP) is 14.5. The van der Waals surface area contributed by atoms with Crippen molar-refractivity contribution in [2.75, 3.05) is 0 Å². The van der Waals surface area contributed by atoms with Crippen LogP contribution in [-0.4, -0.2) is 18.3 Å². The van der Waals surface area contributed by atoms with E-state index in [-0.39, 0.29) is 0 Å². The summed E-state index contributed by atoms with van der Waals surface area (Å²) in [7, 11) is -16.3. The van der Waals surface area contributed by atoms with Gasteiger partial charge >= 0.3 is 30.6 Å². The van der Waals surface area contributed by atoms with Crippen LogP contribution in [0.4, 0.5) is 0 Å². The Balaban J connectivity index is 1.83. The first-order valence-electron chi connectivity index (χ1n) is 17.8. The van der Waals surface area contributed by atoms with E-state index >= 15 is 0 Å². The van der Waals surface area contributed by atoms with E-state index in [0.29, 0.717) is 28.7 Å². The number of hydrogen-bond donors (Lipinski definition) is 0. The van der Waals surface area contributed by atoms with Crippen LogP contribution in [0, 0.1) is 0 Å². The molecule has 12 nitrogen and oxygen atoms in total. The van der Waals surface area contributed by atoms with Crippen molar-refractivity contribution in [3.05, 3.63) is 152 Å². The zero-order chi connectivity index (χ0) is 38.8. The summed E-state index contributed by atoms with van der Waals surface area (Å²) in [6.45, 7) is 11.2. The van der Waals surface area contributed by atoms with Gasteiger partial charge in [-0.1, -0.05) is 95.5 Å². The molecule has 0 aromatic heterocycles. The van der Waals surface area contributed by atoms with Crippen molar-refractivity contribution in [2.45, 2.75) is 59.9 Å². The minimum Gasteiger partial charge on any atom is -0.422 e. The average Bonchev–Trinajstić information content (AvgIpc) is 3.12. The van der Waals surface area contributed by atoms with Gasteiger partial charge in [-0.3, -0.25) is 4.52 Å². The SMILES string of the molecule is CC(C)OP1(Oc2ccccc2)=NP(OC(C)C)(OC(C)C)=NP(Oc2ccccc2)(Oc2ccccc2)=NP(Oc2ccccc2)(Oc2ccccc2)=N1. The highest BCUT2D eigenvalue weighted by atomic mass is 31.3. The van der Waals surface area contributed by atoms with E-state index in [1.54, 1.807) is 60.7 Å². The molecule has 5 aromatic carbocycles. The smallest absolute Gasteiger partial charge is 0.422 e. The molecule has 1 heterocycles. The highest BCUT2D eigenvalue weighted by molar-refractivity contribution is 7.79. The molecular weight excluding hydrogens is 776 g/mol. The van der Waals surface area contributed by atoms with E-state index in [2.05, 4.69) is 0 Å². The molecular formula is C39H46N4O8P4. The lowest BCUT2D eigenvalue weighted by Crippen LogP contribution is -2.13. The van der Waals surface area contributed by atoms with Crippen LogP contribution in [0.25, 0.3) is 0 Å². The van der Waals surface area contributed by atoms with E-state index in [1.807, 2.05) is 133 Å². The minimum atomic E-state index is -4.17. The monoisotopic (exact) mass is 822 g/mol. The molecule has 0 amide bonds. The number of nitrogens with zero attached hydrogens (tertiary/aromatic N) is 4. The van der Waals surface area contributed by atoms with Gasteiger partial charge in [0.2, 0.25) is 0 Å². The van der Waals surface area contributed by atoms with Gasteiger partial charge in [0, 0.05) is 0 Å². The zero-order valence-corrected chi connectivity index (χ0v) is 35.1. The summed E-state index contributed by atoms with van der Waals surface area (Å²) in [5.41, 5.74) is 0. The molecule has 1 unspecified atom stereocenters. The van der Waals surface area contributed by atoms with Gasteiger partial charge in [-0.2, -0.15) is 0 Å². The van der Waals surface area contributed by atoms with Crippen molar-refractivity contribution in [1.82, 2.24) is 0 Å². The van der Waals surface area contributed by atoms with Crippen molar-refractivity contribution < 1.29 is 36.2 Å². The lowest BCUT2D eigenvalue weighted by molar-refractivity contribution is 0.168. The lowest BCUT2D eigenvalue weighted by Gasteiger charge is -2.34. The van der Waals surface area contributed by atoms with Crippen LogP contribution in [0.15, 0.2) is 170 Å². The quantitative estimate of drug-likeness (QED) is 0.0901. The van der Waals surface area contributed by atoms with Crippen LogP contribution >= 0.6 is 30.6 Å². The standard InChI is InChI=1S/C39H46N4O8P4/c1-32(2)44-52(45-33(3)4)40-53(46-34(5)6,47-35-22-12-7-13-23-35)42-55(50-38-28-18-10-19-29-38,51-39-30-20-11-21-31-39)43-54(41-52,48-36-24-14-8-15-25-36)49-37-26-16-9-17-27-37/h7-34H,1-6H3. The van der Waals surface area contributed by atoms with Gasteiger partial charge in [0.1, 0.15) is 28.7 Å². The number of benzene rings is 5. The Morgan fingerprint density at radius 2 is 0.491 bits per heavy atom. The maximum Gasteiger partial charge on any atom is 0.460 e. The van der Waals surface area contributed by atoms with Gasteiger partial charge < -0.3 is 31.7 Å². The van der Waals surface area contributed by atoms with E-state index in [9.17, 15) is 0 Å². The third-order valence-corrected chi connectivity index (χ3v) is 18.4. The van der Waals surface area contributed by atoms with Crippen LogP contribution in [0.5, 0.6) is 28.7 Å². The summed E-state index contributed by atoms with van der Waals surface area (Å²) in [6, 6.07) is 45.7. The summed E-state index contributed by atoms with van der Waals surface area (Å²) in [6.07, 6.45) is -1.37. The Morgan fingerprint density at radius 3 is 0.764 bits per heavy atom. The van der Waals surface area contributed by atoms with Crippen molar-refractivity contribution >= 4 is 30.6 Å². The third kappa shape index (κ3) is 11.5. The van der Waals surface area contributed by atoms with Crippen LogP contribution < -0.4 is 22.6 Å². The maximum atomic E-state index is 6.92. The Bertz CT molecular complexity index is 2110. The normalized spacial score (nSPS) is 18.3. The summed E-state index contributed by atoms with van der Waals surface area (Å²) in [5.74, 6) is 2.04. The third-order valence-electron chi connectivity index (χ3n) is 6.79. The molecule has 0 fully saturated rings. The fourth-order valence-corrected chi connectivity index (χ4v) is 17.7. The first kappa shape index (κ1) is 40.6. The van der Waals surface area contributed by atoms with Crippen LogP contribution in [-0.2, 0) is 13.6 Å². The second-order valence-electron chi connectivity index (χ2n) is 12.8. The van der Waals surface area contributed by atoms with Crippen molar-refractivity contribution in [3.63, 3.8) is 0 Å². The molecule has 0 N–H and O–H groups in total. The second kappa shape index (κ2) is 18.2. The lowest BCUT2D eigenvalue weighted by atomic mass is 10.3. The van der Waals surface area contributed by atoms with Crippen LogP contribution in [0.3, 0.4) is 0 Å². The van der Waals surface area contributed by atoms with Crippen molar-refractivity contribution in [3.8, 4) is 28.7 Å². The highest BCUT2D eigenvalue weighted by Crippen LogP contribution is 2.80. The van der Waals surface area contributed by atoms with Gasteiger partial charge in [-0.15, -0.1) is 13.5 Å². The van der Waals surface area contributed by atoms with E-state index in [1.165, 1.54) is 0 Å². The number of rotatable bonds is 16. The average molecular weight is 823 g/mol. The topological polar surface area (TPSA) is 123 Å². The molecule has 55 heavy (non-hydrogen) atoms. The summed E-state index contributed by atoms with van der Waals surface area (Å²) in [4.78, 5) is 0. The van der Waals surface area contributed by atoms with Crippen molar-refractivity contribution in [2.24, 2.45) is 18.1 Å². The van der Waals surface area contributed by atoms with Gasteiger partial charge in [0.25, 0.3) is 0 Å². The van der Waals surface area contributed by atoms with Gasteiger partial charge in [0.05, 0.1) is 18.3 Å². The molecule has 6 rings (SSSR count). The molecule has 0 radical (unpaired) electrons. The van der Waals surface area contributed by atoms with Crippen LogP contribution in [0.1, 0.15) is 41.5 Å². The molecule has 0 saturated heterocycles.